The lowest BCUT2D eigenvalue weighted by Gasteiger charge is -2.12. The summed E-state index contributed by atoms with van der Waals surface area (Å²) in [7, 11) is 0. The second-order valence-electron chi connectivity index (χ2n) is 7.18. The smallest absolute Gasteiger partial charge is 0.266 e. The number of carbonyl (C=O) groups is 1. The van der Waals surface area contributed by atoms with Crippen molar-refractivity contribution in [3.05, 3.63) is 62.5 Å². The lowest BCUT2D eigenvalue weighted by atomic mass is 10.1. The standard InChI is InChI=1S/C22H27N3O2S/c1-6-7-25-17(5)10-20(24-25)23-22(26)19-11-18(13-28-19)12-27-21-15(3)8-14(2)9-16(21)4/h8-11,13H,6-7,12H2,1-5H3,(H,23,24,26). The number of aryl methyl sites for hydroxylation is 5. The fourth-order valence-electron chi connectivity index (χ4n) is 3.31. The van der Waals surface area contributed by atoms with Crippen LogP contribution in [-0.2, 0) is 13.2 Å². The van der Waals surface area contributed by atoms with Gasteiger partial charge in [0.1, 0.15) is 12.4 Å². The summed E-state index contributed by atoms with van der Waals surface area (Å²) in [6.07, 6.45) is 1.00. The third-order valence-electron chi connectivity index (χ3n) is 4.52. The Morgan fingerprint density at radius 2 is 1.86 bits per heavy atom. The molecule has 0 aliphatic rings. The maximum absolute atomic E-state index is 12.5. The molecule has 3 rings (SSSR count). The predicted molar refractivity (Wildman–Crippen MR) is 115 cm³/mol. The van der Waals surface area contributed by atoms with E-state index in [1.807, 2.05) is 29.1 Å². The quantitative estimate of drug-likeness (QED) is 0.579. The van der Waals surface area contributed by atoms with Gasteiger partial charge in [-0.1, -0.05) is 24.6 Å². The van der Waals surface area contributed by atoms with Crippen molar-refractivity contribution in [3.63, 3.8) is 0 Å². The molecule has 5 nitrogen and oxygen atoms in total. The molecule has 2 aromatic heterocycles. The Labute approximate surface area is 170 Å². The summed E-state index contributed by atoms with van der Waals surface area (Å²) in [5, 5.41) is 9.29. The highest BCUT2D eigenvalue weighted by Gasteiger charge is 2.13. The topological polar surface area (TPSA) is 56.2 Å². The number of amides is 1. The highest BCUT2D eigenvalue weighted by molar-refractivity contribution is 7.12. The van der Waals surface area contributed by atoms with Gasteiger partial charge in [0.05, 0.1) is 4.88 Å². The summed E-state index contributed by atoms with van der Waals surface area (Å²) in [6, 6.07) is 8.02. The number of anilines is 1. The molecule has 0 saturated heterocycles. The van der Waals surface area contributed by atoms with Crippen LogP contribution in [0.2, 0.25) is 0 Å². The van der Waals surface area contributed by atoms with E-state index in [-0.39, 0.29) is 5.91 Å². The number of nitrogens with one attached hydrogen (secondary N) is 1. The average molecular weight is 398 g/mol. The molecule has 2 heterocycles. The predicted octanol–water partition coefficient (Wildman–Crippen LogP) is 5.42. The first-order valence-electron chi connectivity index (χ1n) is 9.51. The van der Waals surface area contributed by atoms with Crippen LogP contribution < -0.4 is 10.1 Å². The number of hydrogen-bond acceptors (Lipinski definition) is 4. The van der Waals surface area contributed by atoms with E-state index in [1.165, 1.54) is 16.9 Å². The van der Waals surface area contributed by atoms with Gasteiger partial charge in [-0.25, -0.2) is 0 Å². The van der Waals surface area contributed by atoms with Crippen LogP contribution in [0.5, 0.6) is 5.75 Å². The van der Waals surface area contributed by atoms with Gasteiger partial charge in [-0.3, -0.25) is 9.48 Å². The Hall–Kier alpha value is -2.60. The first kappa shape index (κ1) is 20.1. The largest absolute Gasteiger partial charge is 0.488 e. The van der Waals surface area contributed by atoms with Crippen LogP contribution in [-0.4, -0.2) is 15.7 Å². The van der Waals surface area contributed by atoms with Crippen LogP contribution in [0.4, 0.5) is 5.82 Å². The molecule has 0 spiro atoms. The third-order valence-corrected chi connectivity index (χ3v) is 5.50. The molecule has 28 heavy (non-hydrogen) atoms. The molecule has 1 amide bonds. The van der Waals surface area contributed by atoms with Crippen LogP contribution in [0, 0.1) is 27.7 Å². The SMILES string of the molecule is CCCn1nc(NC(=O)c2cc(COc3c(C)cc(C)cc3C)cs2)cc1C. The van der Waals surface area contributed by atoms with Crippen molar-refractivity contribution >= 4 is 23.1 Å². The molecule has 0 bridgehead atoms. The van der Waals surface area contributed by atoms with E-state index in [9.17, 15) is 4.79 Å². The number of thiophene rings is 1. The van der Waals surface area contributed by atoms with E-state index >= 15 is 0 Å². The molecule has 148 valence electrons. The van der Waals surface area contributed by atoms with Crippen molar-refractivity contribution < 1.29 is 9.53 Å². The van der Waals surface area contributed by atoms with Crippen molar-refractivity contribution in [2.24, 2.45) is 0 Å². The van der Waals surface area contributed by atoms with Crippen molar-refractivity contribution in [2.75, 3.05) is 5.32 Å². The van der Waals surface area contributed by atoms with Crippen molar-refractivity contribution in [3.8, 4) is 5.75 Å². The van der Waals surface area contributed by atoms with Gasteiger partial charge in [0, 0.05) is 23.9 Å². The van der Waals surface area contributed by atoms with Gasteiger partial charge >= 0.3 is 0 Å². The van der Waals surface area contributed by atoms with Gasteiger partial charge in [-0.2, -0.15) is 5.10 Å². The lowest BCUT2D eigenvalue weighted by molar-refractivity contribution is 0.103. The molecule has 0 radical (unpaired) electrons. The summed E-state index contributed by atoms with van der Waals surface area (Å²) >= 11 is 1.42. The van der Waals surface area contributed by atoms with Gasteiger partial charge in [0.25, 0.3) is 5.91 Å². The monoisotopic (exact) mass is 397 g/mol. The Bertz CT molecular complexity index is 965. The van der Waals surface area contributed by atoms with E-state index in [1.54, 1.807) is 0 Å². The highest BCUT2D eigenvalue weighted by atomic mass is 32.1. The third kappa shape index (κ3) is 4.62. The Morgan fingerprint density at radius 1 is 1.14 bits per heavy atom. The number of benzene rings is 1. The van der Waals surface area contributed by atoms with Gasteiger partial charge in [-0.15, -0.1) is 11.3 Å². The maximum Gasteiger partial charge on any atom is 0.266 e. The fourth-order valence-corrected chi connectivity index (χ4v) is 4.10. The molecule has 0 aliphatic heterocycles. The van der Waals surface area contributed by atoms with Crippen molar-refractivity contribution in [2.45, 2.75) is 54.2 Å². The minimum absolute atomic E-state index is 0.139. The highest BCUT2D eigenvalue weighted by Crippen LogP contribution is 2.26. The van der Waals surface area contributed by atoms with E-state index in [2.05, 4.69) is 50.2 Å². The normalized spacial score (nSPS) is 10.9. The van der Waals surface area contributed by atoms with E-state index < -0.39 is 0 Å². The molecule has 0 aliphatic carbocycles. The number of ether oxygens (including phenoxy) is 1. The molecule has 0 fully saturated rings. The molecule has 0 saturated carbocycles. The Balaban J connectivity index is 1.64. The van der Waals surface area contributed by atoms with Gasteiger partial charge in [0.2, 0.25) is 0 Å². The molecule has 3 aromatic rings. The van der Waals surface area contributed by atoms with Crippen molar-refractivity contribution in [1.29, 1.82) is 0 Å². The fraction of sp³-hybridized carbons (Fsp3) is 0.364. The zero-order chi connectivity index (χ0) is 20.3. The molecule has 1 N–H and O–H groups in total. The molecule has 1 aromatic carbocycles. The summed E-state index contributed by atoms with van der Waals surface area (Å²) < 4.78 is 7.94. The molecule has 6 heteroatoms. The Kier molecular flexibility index (Phi) is 6.19. The first-order chi connectivity index (χ1) is 13.4. The number of hydrogen-bond donors (Lipinski definition) is 1. The first-order valence-corrected chi connectivity index (χ1v) is 10.4. The van der Waals surface area contributed by atoms with Crippen LogP contribution in [0.15, 0.2) is 29.6 Å². The van der Waals surface area contributed by atoms with Gasteiger partial charge < -0.3 is 10.1 Å². The number of aromatic nitrogens is 2. The minimum atomic E-state index is -0.139. The van der Waals surface area contributed by atoms with Crippen LogP contribution in [0.3, 0.4) is 0 Å². The van der Waals surface area contributed by atoms with E-state index in [0.29, 0.717) is 17.3 Å². The molecular formula is C22H27N3O2S. The maximum atomic E-state index is 12.5. The molecule has 0 unspecified atom stereocenters. The zero-order valence-corrected chi connectivity index (χ0v) is 17.9. The van der Waals surface area contributed by atoms with E-state index in [4.69, 9.17) is 4.74 Å². The summed E-state index contributed by atoms with van der Waals surface area (Å²) in [5.74, 6) is 1.37. The second kappa shape index (κ2) is 8.61. The molecule has 0 atom stereocenters. The van der Waals surface area contributed by atoms with Crippen molar-refractivity contribution in [1.82, 2.24) is 9.78 Å². The number of rotatable bonds is 7. The summed E-state index contributed by atoms with van der Waals surface area (Å²) in [6.45, 7) is 11.6. The summed E-state index contributed by atoms with van der Waals surface area (Å²) in [4.78, 5) is 13.2. The summed E-state index contributed by atoms with van der Waals surface area (Å²) in [5.41, 5.74) is 5.52. The van der Waals surface area contributed by atoms with Gasteiger partial charge in [-0.05, 0) is 56.7 Å². The zero-order valence-electron chi connectivity index (χ0n) is 17.1. The average Bonchev–Trinajstić information content (AvgIpc) is 3.21. The van der Waals surface area contributed by atoms with Crippen LogP contribution >= 0.6 is 11.3 Å². The van der Waals surface area contributed by atoms with E-state index in [0.717, 1.165) is 41.1 Å². The van der Waals surface area contributed by atoms with Crippen LogP contribution in [0.1, 0.15) is 51.0 Å². The lowest BCUT2D eigenvalue weighted by Crippen LogP contribution is -2.11. The number of carbonyl (C=O) groups excluding carboxylic acids is 1. The molecular weight excluding hydrogens is 370 g/mol. The minimum Gasteiger partial charge on any atom is -0.488 e. The van der Waals surface area contributed by atoms with Gasteiger partial charge in [0.15, 0.2) is 5.82 Å². The Morgan fingerprint density at radius 3 is 2.54 bits per heavy atom. The second-order valence-corrected chi connectivity index (χ2v) is 8.10. The number of nitrogens with zero attached hydrogens (tertiary/aromatic N) is 2. The van der Waals surface area contributed by atoms with Crippen LogP contribution in [0.25, 0.3) is 0 Å².